The lowest BCUT2D eigenvalue weighted by Crippen LogP contribution is -2.51. The average molecular weight is 375 g/mol. The molecule has 1 aliphatic heterocycles. The number of amides is 1. The van der Waals surface area contributed by atoms with E-state index in [0.717, 1.165) is 11.8 Å². The van der Waals surface area contributed by atoms with Crippen molar-refractivity contribution in [3.8, 4) is 5.75 Å². The van der Waals surface area contributed by atoms with Gasteiger partial charge in [-0.2, -0.15) is 0 Å². The van der Waals surface area contributed by atoms with Crippen molar-refractivity contribution in [2.75, 3.05) is 37.6 Å². The highest BCUT2D eigenvalue weighted by molar-refractivity contribution is 5.78. The predicted octanol–water partition coefficient (Wildman–Crippen LogP) is 2.67. The van der Waals surface area contributed by atoms with Crippen LogP contribution < -0.4 is 10.2 Å². The summed E-state index contributed by atoms with van der Waals surface area (Å²) in [5.41, 5.74) is 1.35. The van der Waals surface area contributed by atoms with E-state index in [9.17, 15) is 18.7 Å². The van der Waals surface area contributed by atoms with E-state index in [1.807, 2.05) is 12.1 Å². The Hall–Kier alpha value is -2.67. The molecule has 5 nitrogen and oxygen atoms in total. The largest absolute Gasteiger partial charge is 0.508 e. The maximum Gasteiger partial charge on any atom is 0.236 e. The Bertz CT molecular complexity index is 790. The highest BCUT2D eigenvalue weighted by Crippen LogP contribution is 2.20. The van der Waals surface area contributed by atoms with Crippen LogP contribution >= 0.6 is 0 Å². The second kappa shape index (κ2) is 8.35. The SMILES string of the molecule is C[C@H](NCC(=O)N1CCN(c2ccc(O)cc2)CC1)c1ccc(F)cc1F. The molecule has 3 rings (SSSR count). The number of piperazine rings is 1. The van der Waals surface area contributed by atoms with Gasteiger partial charge in [-0.3, -0.25) is 4.79 Å². The summed E-state index contributed by atoms with van der Waals surface area (Å²) in [6.45, 7) is 4.45. The van der Waals surface area contributed by atoms with E-state index in [1.165, 1.54) is 12.1 Å². The van der Waals surface area contributed by atoms with Crippen LogP contribution in [-0.2, 0) is 4.79 Å². The van der Waals surface area contributed by atoms with Crippen molar-refractivity contribution in [3.05, 3.63) is 59.7 Å². The average Bonchev–Trinajstić information content (AvgIpc) is 2.66. The molecule has 0 spiro atoms. The molecule has 2 aromatic rings. The number of benzene rings is 2. The summed E-state index contributed by atoms with van der Waals surface area (Å²) in [4.78, 5) is 16.4. The maximum atomic E-state index is 13.8. The number of anilines is 1. The summed E-state index contributed by atoms with van der Waals surface area (Å²) in [6, 6.07) is 10.1. The molecular formula is C20H23F2N3O2. The van der Waals surface area contributed by atoms with Crippen molar-refractivity contribution in [2.45, 2.75) is 13.0 Å². The standard InChI is InChI=1S/C20H23F2N3O2/c1-14(18-7-2-15(21)12-19(18)22)23-13-20(27)25-10-8-24(9-11-25)16-3-5-17(26)6-4-16/h2-7,12,14,23,26H,8-11,13H2,1H3/t14-/m0/s1. The van der Waals surface area contributed by atoms with Gasteiger partial charge in [0.25, 0.3) is 0 Å². The normalized spacial score (nSPS) is 15.7. The van der Waals surface area contributed by atoms with Crippen LogP contribution in [0.3, 0.4) is 0 Å². The number of hydrogen-bond donors (Lipinski definition) is 2. The minimum atomic E-state index is -0.620. The van der Waals surface area contributed by atoms with Gasteiger partial charge in [-0.1, -0.05) is 6.07 Å². The highest BCUT2D eigenvalue weighted by Gasteiger charge is 2.22. The number of aromatic hydroxyl groups is 1. The molecule has 1 saturated heterocycles. The molecule has 0 radical (unpaired) electrons. The molecule has 1 heterocycles. The van der Waals surface area contributed by atoms with Crippen LogP contribution in [-0.4, -0.2) is 48.6 Å². The molecule has 27 heavy (non-hydrogen) atoms. The molecule has 2 N–H and O–H groups in total. The Morgan fingerprint density at radius 2 is 1.78 bits per heavy atom. The molecule has 0 aromatic heterocycles. The van der Waals surface area contributed by atoms with Gasteiger partial charge in [-0.25, -0.2) is 8.78 Å². The molecule has 2 aromatic carbocycles. The molecule has 1 fully saturated rings. The fourth-order valence-corrected chi connectivity index (χ4v) is 3.19. The molecule has 0 unspecified atom stereocenters. The van der Waals surface area contributed by atoms with E-state index in [2.05, 4.69) is 10.2 Å². The molecule has 7 heteroatoms. The Kier molecular flexibility index (Phi) is 5.91. The second-order valence-electron chi connectivity index (χ2n) is 6.65. The van der Waals surface area contributed by atoms with E-state index in [0.29, 0.717) is 31.7 Å². The van der Waals surface area contributed by atoms with Crippen molar-refractivity contribution >= 4 is 11.6 Å². The fourth-order valence-electron chi connectivity index (χ4n) is 3.19. The van der Waals surface area contributed by atoms with E-state index < -0.39 is 17.7 Å². The van der Waals surface area contributed by atoms with Gasteiger partial charge in [-0.05, 0) is 37.3 Å². The number of rotatable bonds is 5. The first-order chi connectivity index (χ1) is 12.9. The zero-order chi connectivity index (χ0) is 19.4. The van der Waals surface area contributed by atoms with Crippen molar-refractivity contribution < 1.29 is 18.7 Å². The quantitative estimate of drug-likeness (QED) is 0.844. The molecule has 1 amide bonds. The third-order valence-corrected chi connectivity index (χ3v) is 4.84. The third-order valence-electron chi connectivity index (χ3n) is 4.84. The van der Waals surface area contributed by atoms with Crippen LogP contribution in [0.25, 0.3) is 0 Å². The van der Waals surface area contributed by atoms with Gasteiger partial charge in [0.15, 0.2) is 0 Å². The highest BCUT2D eigenvalue weighted by atomic mass is 19.1. The van der Waals surface area contributed by atoms with Gasteiger partial charge in [0.05, 0.1) is 6.54 Å². The summed E-state index contributed by atoms with van der Waals surface area (Å²) >= 11 is 0. The number of phenols is 1. The lowest BCUT2D eigenvalue weighted by molar-refractivity contribution is -0.130. The monoisotopic (exact) mass is 375 g/mol. The smallest absolute Gasteiger partial charge is 0.236 e. The topological polar surface area (TPSA) is 55.8 Å². The van der Waals surface area contributed by atoms with Gasteiger partial charge >= 0.3 is 0 Å². The van der Waals surface area contributed by atoms with Crippen LogP contribution in [0, 0.1) is 11.6 Å². The Labute approximate surface area is 157 Å². The second-order valence-corrected chi connectivity index (χ2v) is 6.65. The molecule has 1 atom stereocenters. The summed E-state index contributed by atoms with van der Waals surface area (Å²) in [7, 11) is 0. The third kappa shape index (κ3) is 4.74. The van der Waals surface area contributed by atoms with Crippen LogP contribution in [0.15, 0.2) is 42.5 Å². The lowest BCUT2D eigenvalue weighted by atomic mass is 10.1. The zero-order valence-electron chi connectivity index (χ0n) is 15.2. The molecular weight excluding hydrogens is 352 g/mol. The minimum Gasteiger partial charge on any atom is -0.508 e. The van der Waals surface area contributed by atoms with Gasteiger partial charge in [0.1, 0.15) is 17.4 Å². The van der Waals surface area contributed by atoms with Crippen LogP contribution in [0.2, 0.25) is 0 Å². The van der Waals surface area contributed by atoms with Gasteiger partial charge in [0, 0.05) is 49.5 Å². The molecule has 0 bridgehead atoms. The van der Waals surface area contributed by atoms with Crippen molar-refractivity contribution in [2.24, 2.45) is 0 Å². The van der Waals surface area contributed by atoms with Crippen molar-refractivity contribution in [1.29, 1.82) is 0 Å². The van der Waals surface area contributed by atoms with E-state index >= 15 is 0 Å². The van der Waals surface area contributed by atoms with Crippen LogP contribution in [0.5, 0.6) is 5.75 Å². The van der Waals surface area contributed by atoms with Gasteiger partial charge in [0.2, 0.25) is 5.91 Å². The first-order valence-corrected chi connectivity index (χ1v) is 8.94. The van der Waals surface area contributed by atoms with E-state index in [1.54, 1.807) is 24.0 Å². The van der Waals surface area contributed by atoms with Gasteiger partial charge < -0.3 is 20.2 Å². The van der Waals surface area contributed by atoms with Crippen LogP contribution in [0.1, 0.15) is 18.5 Å². The number of hydrogen-bond acceptors (Lipinski definition) is 4. The lowest BCUT2D eigenvalue weighted by Gasteiger charge is -2.36. The van der Waals surface area contributed by atoms with Crippen LogP contribution in [0.4, 0.5) is 14.5 Å². The maximum absolute atomic E-state index is 13.8. The minimum absolute atomic E-state index is 0.0466. The fraction of sp³-hybridized carbons (Fsp3) is 0.350. The first kappa shape index (κ1) is 19.1. The molecule has 0 aliphatic carbocycles. The Balaban J connectivity index is 1.48. The molecule has 144 valence electrons. The van der Waals surface area contributed by atoms with Crippen molar-refractivity contribution in [3.63, 3.8) is 0 Å². The molecule has 0 saturated carbocycles. The summed E-state index contributed by atoms with van der Waals surface area (Å²) < 4.78 is 26.8. The van der Waals surface area contributed by atoms with E-state index in [4.69, 9.17) is 0 Å². The number of nitrogens with zero attached hydrogens (tertiary/aromatic N) is 2. The zero-order valence-corrected chi connectivity index (χ0v) is 15.2. The summed E-state index contributed by atoms with van der Waals surface area (Å²) in [5, 5.41) is 12.4. The number of phenolic OH excluding ortho intramolecular Hbond substituents is 1. The predicted molar refractivity (Wildman–Crippen MR) is 99.7 cm³/mol. The summed E-state index contributed by atoms with van der Waals surface area (Å²) in [6.07, 6.45) is 0. The number of nitrogens with one attached hydrogen (secondary N) is 1. The first-order valence-electron chi connectivity index (χ1n) is 8.94. The Morgan fingerprint density at radius 3 is 2.41 bits per heavy atom. The summed E-state index contributed by atoms with van der Waals surface area (Å²) in [5.74, 6) is -1.06. The van der Waals surface area contributed by atoms with Gasteiger partial charge in [-0.15, -0.1) is 0 Å². The number of carbonyl (C=O) groups is 1. The Morgan fingerprint density at radius 1 is 1.11 bits per heavy atom. The van der Waals surface area contributed by atoms with Crippen molar-refractivity contribution in [1.82, 2.24) is 10.2 Å². The number of carbonyl (C=O) groups excluding carboxylic acids is 1. The molecule has 1 aliphatic rings. The number of halogens is 2. The van der Waals surface area contributed by atoms with E-state index in [-0.39, 0.29) is 18.2 Å².